The number of benzene rings is 1. The molecule has 1 heterocycles. The molecule has 0 radical (unpaired) electrons. The minimum Gasteiger partial charge on any atom is -0.312 e. The molecule has 0 aliphatic carbocycles. The Morgan fingerprint density at radius 2 is 1.92 bits per heavy atom. The molecule has 12 heavy (non-hydrogen) atoms. The standard InChI is InChI=1S/C9H8ClNO/c10-7-1-3-8(4-2-7)11-6-5-9(11)12/h1-4H,5-6H2. The third-order valence-corrected chi connectivity index (χ3v) is 2.24. The third kappa shape index (κ3) is 1.18. The molecule has 3 heteroatoms. The van der Waals surface area contributed by atoms with Gasteiger partial charge in [-0.1, -0.05) is 11.6 Å². The first-order valence-corrected chi connectivity index (χ1v) is 4.21. The van der Waals surface area contributed by atoms with Crippen LogP contribution in [-0.2, 0) is 4.79 Å². The summed E-state index contributed by atoms with van der Waals surface area (Å²) in [4.78, 5) is 12.8. The number of carbonyl (C=O) groups is 1. The molecule has 0 bridgehead atoms. The number of rotatable bonds is 1. The first kappa shape index (κ1) is 7.62. The van der Waals surface area contributed by atoms with E-state index in [4.69, 9.17) is 11.6 Å². The minimum absolute atomic E-state index is 0.192. The maximum atomic E-state index is 11.0. The van der Waals surface area contributed by atoms with Crippen LogP contribution in [0.4, 0.5) is 5.69 Å². The van der Waals surface area contributed by atoms with Crippen LogP contribution in [0.5, 0.6) is 0 Å². The van der Waals surface area contributed by atoms with E-state index in [1.807, 2.05) is 12.1 Å². The fraction of sp³-hybridized carbons (Fsp3) is 0.222. The van der Waals surface area contributed by atoms with Gasteiger partial charge in [0, 0.05) is 23.7 Å². The highest BCUT2D eigenvalue weighted by Crippen LogP contribution is 2.22. The number of hydrogen-bond acceptors (Lipinski definition) is 1. The molecule has 0 spiro atoms. The Hall–Kier alpha value is -1.02. The van der Waals surface area contributed by atoms with Crippen LogP contribution in [-0.4, -0.2) is 12.5 Å². The van der Waals surface area contributed by atoms with Crippen molar-refractivity contribution in [3.63, 3.8) is 0 Å². The first-order chi connectivity index (χ1) is 5.77. The van der Waals surface area contributed by atoms with Gasteiger partial charge in [-0.05, 0) is 24.3 Å². The summed E-state index contributed by atoms with van der Waals surface area (Å²) in [7, 11) is 0. The van der Waals surface area contributed by atoms with Crippen LogP contribution in [0, 0.1) is 0 Å². The van der Waals surface area contributed by atoms with Crippen LogP contribution in [0.1, 0.15) is 6.42 Å². The summed E-state index contributed by atoms with van der Waals surface area (Å²) >= 11 is 5.71. The predicted molar refractivity (Wildman–Crippen MR) is 48.4 cm³/mol. The monoisotopic (exact) mass is 181 g/mol. The fourth-order valence-corrected chi connectivity index (χ4v) is 1.34. The van der Waals surface area contributed by atoms with Crippen molar-refractivity contribution in [1.29, 1.82) is 0 Å². The maximum Gasteiger partial charge on any atom is 0.228 e. The molecule has 0 saturated carbocycles. The van der Waals surface area contributed by atoms with Crippen molar-refractivity contribution < 1.29 is 4.79 Å². The van der Waals surface area contributed by atoms with Crippen LogP contribution in [0.3, 0.4) is 0 Å². The topological polar surface area (TPSA) is 20.3 Å². The molecule has 0 atom stereocenters. The van der Waals surface area contributed by atoms with Gasteiger partial charge in [0.2, 0.25) is 5.91 Å². The van der Waals surface area contributed by atoms with Gasteiger partial charge in [0.1, 0.15) is 0 Å². The van der Waals surface area contributed by atoms with Crippen molar-refractivity contribution in [2.24, 2.45) is 0 Å². The smallest absolute Gasteiger partial charge is 0.228 e. The number of amides is 1. The average molecular weight is 182 g/mol. The van der Waals surface area contributed by atoms with Crippen molar-refractivity contribution in [1.82, 2.24) is 0 Å². The molecule has 1 aromatic carbocycles. The van der Waals surface area contributed by atoms with Gasteiger partial charge in [-0.25, -0.2) is 0 Å². The first-order valence-electron chi connectivity index (χ1n) is 3.83. The number of β-lactam (4-membered cyclic amide) rings is 1. The highest BCUT2D eigenvalue weighted by molar-refractivity contribution is 6.30. The highest BCUT2D eigenvalue weighted by atomic mass is 35.5. The van der Waals surface area contributed by atoms with E-state index in [2.05, 4.69) is 0 Å². The minimum atomic E-state index is 0.192. The van der Waals surface area contributed by atoms with Gasteiger partial charge in [0.25, 0.3) is 0 Å². The second-order valence-corrected chi connectivity index (χ2v) is 3.21. The Morgan fingerprint density at radius 1 is 1.25 bits per heavy atom. The molecule has 1 amide bonds. The molecular formula is C9H8ClNO. The third-order valence-electron chi connectivity index (χ3n) is 1.99. The Kier molecular flexibility index (Phi) is 1.77. The van der Waals surface area contributed by atoms with Crippen molar-refractivity contribution in [2.75, 3.05) is 11.4 Å². The summed E-state index contributed by atoms with van der Waals surface area (Å²) in [5, 5.41) is 0.701. The SMILES string of the molecule is O=C1CCN1c1ccc(Cl)cc1. The number of nitrogens with zero attached hydrogens (tertiary/aromatic N) is 1. The van der Waals surface area contributed by atoms with Crippen LogP contribution >= 0.6 is 11.6 Å². The molecule has 0 N–H and O–H groups in total. The molecule has 2 rings (SSSR count). The maximum absolute atomic E-state index is 11.0. The lowest BCUT2D eigenvalue weighted by molar-refractivity contribution is -0.122. The molecular weight excluding hydrogens is 174 g/mol. The molecule has 0 unspecified atom stereocenters. The molecule has 1 aliphatic rings. The van der Waals surface area contributed by atoms with Crippen LogP contribution in [0.2, 0.25) is 5.02 Å². The summed E-state index contributed by atoms with van der Waals surface area (Å²) in [5.41, 5.74) is 0.940. The van der Waals surface area contributed by atoms with E-state index in [-0.39, 0.29) is 5.91 Å². The number of anilines is 1. The van der Waals surface area contributed by atoms with Gasteiger partial charge in [-0.3, -0.25) is 4.79 Å². The van der Waals surface area contributed by atoms with Gasteiger partial charge in [0.05, 0.1) is 0 Å². The second kappa shape index (κ2) is 2.79. The van der Waals surface area contributed by atoms with Gasteiger partial charge in [0.15, 0.2) is 0 Å². The molecule has 62 valence electrons. The molecule has 0 aromatic heterocycles. The van der Waals surface area contributed by atoms with E-state index in [0.717, 1.165) is 12.2 Å². The number of carbonyl (C=O) groups excluding carboxylic acids is 1. The van der Waals surface area contributed by atoms with Gasteiger partial charge in [-0.2, -0.15) is 0 Å². The summed E-state index contributed by atoms with van der Waals surface area (Å²) in [6.07, 6.45) is 0.669. The number of halogens is 1. The van der Waals surface area contributed by atoms with Gasteiger partial charge < -0.3 is 4.90 Å². The second-order valence-electron chi connectivity index (χ2n) is 2.77. The predicted octanol–water partition coefficient (Wildman–Crippen LogP) is 2.08. The fourth-order valence-electron chi connectivity index (χ4n) is 1.21. The van der Waals surface area contributed by atoms with Crippen LogP contribution in [0.25, 0.3) is 0 Å². The van der Waals surface area contributed by atoms with Gasteiger partial charge >= 0.3 is 0 Å². The van der Waals surface area contributed by atoms with E-state index in [1.54, 1.807) is 17.0 Å². The largest absolute Gasteiger partial charge is 0.312 e. The summed E-state index contributed by atoms with van der Waals surface area (Å²) in [6, 6.07) is 7.31. The Bertz CT molecular complexity index is 307. The quantitative estimate of drug-likeness (QED) is 0.608. The molecule has 1 aliphatic heterocycles. The number of hydrogen-bond donors (Lipinski definition) is 0. The molecule has 1 aromatic rings. The van der Waals surface area contributed by atoms with Crippen molar-refractivity contribution in [2.45, 2.75) is 6.42 Å². The van der Waals surface area contributed by atoms with E-state index in [0.29, 0.717) is 11.4 Å². The zero-order chi connectivity index (χ0) is 8.55. The van der Waals surface area contributed by atoms with Crippen LogP contribution in [0.15, 0.2) is 24.3 Å². The van der Waals surface area contributed by atoms with Gasteiger partial charge in [-0.15, -0.1) is 0 Å². The zero-order valence-electron chi connectivity index (χ0n) is 6.46. The lowest BCUT2D eigenvalue weighted by Gasteiger charge is -2.30. The van der Waals surface area contributed by atoms with E-state index in [1.165, 1.54) is 0 Å². The average Bonchev–Trinajstić information content (AvgIpc) is 2.06. The highest BCUT2D eigenvalue weighted by Gasteiger charge is 2.24. The molecule has 1 saturated heterocycles. The molecule has 2 nitrogen and oxygen atoms in total. The Labute approximate surface area is 75.7 Å². The molecule has 1 fully saturated rings. The normalized spacial score (nSPS) is 16.1. The van der Waals surface area contributed by atoms with E-state index in [9.17, 15) is 4.79 Å². The van der Waals surface area contributed by atoms with Crippen molar-refractivity contribution >= 4 is 23.2 Å². The summed E-state index contributed by atoms with van der Waals surface area (Å²) in [5.74, 6) is 0.192. The summed E-state index contributed by atoms with van der Waals surface area (Å²) in [6.45, 7) is 0.834. The van der Waals surface area contributed by atoms with Crippen LogP contribution < -0.4 is 4.90 Å². The zero-order valence-corrected chi connectivity index (χ0v) is 7.21. The Balaban J connectivity index is 2.23. The van der Waals surface area contributed by atoms with Crippen molar-refractivity contribution in [3.8, 4) is 0 Å². The van der Waals surface area contributed by atoms with Crippen molar-refractivity contribution in [3.05, 3.63) is 29.3 Å². The lowest BCUT2D eigenvalue weighted by atomic mass is 10.1. The van der Waals surface area contributed by atoms with E-state index >= 15 is 0 Å². The Morgan fingerprint density at radius 3 is 2.33 bits per heavy atom. The summed E-state index contributed by atoms with van der Waals surface area (Å²) < 4.78 is 0. The lowest BCUT2D eigenvalue weighted by Crippen LogP contribution is -2.43. The van der Waals surface area contributed by atoms with E-state index < -0.39 is 0 Å².